The molecule has 0 aromatic carbocycles. The van der Waals surface area contributed by atoms with Gasteiger partial charge in [0.2, 0.25) is 0 Å². The van der Waals surface area contributed by atoms with E-state index < -0.39 is 0 Å². The van der Waals surface area contributed by atoms with E-state index in [0.717, 1.165) is 12.8 Å². The monoisotopic (exact) mass is 206 g/mol. The standard InChI is InChI=1S/C12H18N2O/c1-3-4-5-6-7-12(15)11-8-9-13-10(2)14-11/h8-9H,3-7H2,1-2H3. The van der Waals surface area contributed by atoms with Gasteiger partial charge in [0.1, 0.15) is 11.5 Å². The van der Waals surface area contributed by atoms with Gasteiger partial charge in [-0.3, -0.25) is 4.79 Å². The van der Waals surface area contributed by atoms with Crippen LogP contribution in [0.4, 0.5) is 0 Å². The molecular formula is C12H18N2O. The minimum absolute atomic E-state index is 0.136. The van der Waals surface area contributed by atoms with Gasteiger partial charge >= 0.3 is 0 Å². The molecule has 0 fully saturated rings. The quantitative estimate of drug-likeness (QED) is 0.531. The molecule has 1 aromatic heterocycles. The van der Waals surface area contributed by atoms with Crippen LogP contribution in [0.5, 0.6) is 0 Å². The Hall–Kier alpha value is -1.25. The number of unbranched alkanes of at least 4 members (excludes halogenated alkanes) is 3. The van der Waals surface area contributed by atoms with Gasteiger partial charge in [0, 0.05) is 12.6 Å². The van der Waals surface area contributed by atoms with Crippen molar-refractivity contribution in [2.24, 2.45) is 0 Å². The molecule has 0 unspecified atom stereocenters. The lowest BCUT2D eigenvalue weighted by Gasteiger charge is -2.00. The van der Waals surface area contributed by atoms with E-state index in [1.165, 1.54) is 12.8 Å². The average Bonchev–Trinajstić information content (AvgIpc) is 2.24. The fourth-order valence-corrected chi connectivity index (χ4v) is 1.45. The predicted molar refractivity (Wildman–Crippen MR) is 59.9 cm³/mol. The molecule has 0 saturated heterocycles. The fraction of sp³-hybridized carbons (Fsp3) is 0.583. The van der Waals surface area contributed by atoms with E-state index in [2.05, 4.69) is 16.9 Å². The lowest BCUT2D eigenvalue weighted by atomic mass is 10.1. The smallest absolute Gasteiger partial charge is 0.181 e. The van der Waals surface area contributed by atoms with Crippen LogP contribution in [0.3, 0.4) is 0 Å². The first-order valence-corrected chi connectivity index (χ1v) is 5.57. The van der Waals surface area contributed by atoms with Gasteiger partial charge in [-0.1, -0.05) is 26.2 Å². The largest absolute Gasteiger partial charge is 0.292 e. The molecule has 82 valence electrons. The van der Waals surface area contributed by atoms with Gasteiger partial charge in [-0.25, -0.2) is 9.97 Å². The number of carbonyl (C=O) groups is 1. The lowest BCUT2D eigenvalue weighted by Crippen LogP contribution is -2.03. The number of Topliss-reactive ketones (excluding diaryl/α,β-unsaturated/α-hetero) is 1. The van der Waals surface area contributed by atoms with E-state index in [1.807, 2.05) is 0 Å². The molecule has 0 bridgehead atoms. The van der Waals surface area contributed by atoms with E-state index in [4.69, 9.17) is 0 Å². The number of carbonyl (C=O) groups excluding carboxylic acids is 1. The van der Waals surface area contributed by atoms with Crippen LogP contribution in [0, 0.1) is 6.92 Å². The van der Waals surface area contributed by atoms with Gasteiger partial charge in [0.15, 0.2) is 5.78 Å². The SMILES string of the molecule is CCCCCCC(=O)c1ccnc(C)n1. The number of ketones is 1. The number of aromatic nitrogens is 2. The summed E-state index contributed by atoms with van der Waals surface area (Å²) < 4.78 is 0. The molecule has 1 heterocycles. The Labute approximate surface area is 91.0 Å². The zero-order chi connectivity index (χ0) is 11.1. The molecular weight excluding hydrogens is 188 g/mol. The Balaban J connectivity index is 2.40. The van der Waals surface area contributed by atoms with Gasteiger partial charge in [0.25, 0.3) is 0 Å². The van der Waals surface area contributed by atoms with Gasteiger partial charge in [0.05, 0.1) is 0 Å². The van der Waals surface area contributed by atoms with E-state index in [9.17, 15) is 4.79 Å². The van der Waals surface area contributed by atoms with Gasteiger partial charge in [-0.2, -0.15) is 0 Å². The highest BCUT2D eigenvalue weighted by molar-refractivity contribution is 5.94. The molecule has 0 saturated carbocycles. The van der Waals surface area contributed by atoms with Crippen LogP contribution in [-0.4, -0.2) is 15.8 Å². The van der Waals surface area contributed by atoms with Crippen LogP contribution in [0.15, 0.2) is 12.3 Å². The number of hydrogen-bond acceptors (Lipinski definition) is 3. The van der Waals surface area contributed by atoms with Crippen molar-refractivity contribution in [1.29, 1.82) is 0 Å². The summed E-state index contributed by atoms with van der Waals surface area (Å²) in [5.41, 5.74) is 0.555. The summed E-state index contributed by atoms with van der Waals surface area (Å²) in [5.74, 6) is 0.797. The summed E-state index contributed by atoms with van der Waals surface area (Å²) in [5, 5.41) is 0. The van der Waals surface area contributed by atoms with Crippen LogP contribution in [-0.2, 0) is 0 Å². The van der Waals surface area contributed by atoms with Crippen LogP contribution < -0.4 is 0 Å². The molecule has 0 radical (unpaired) electrons. The van der Waals surface area contributed by atoms with Crippen molar-refractivity contribution in [2.45, 2.75) is 46.0 Å². The van der Waals surface area contributed by atoms with Crippen molar-refractivity contribution in [3.8, 4) is 0 Å². The van der Waals surface area contributed by atoms with Crippen molar-refractivity contribution in [1.82, 2.24) is 9.97 Å². The van der Waals surface area contributed by atoms with Gasteiger partial charge < -0.3 is 0 Å². The molecule has 1 aromatic rings. The maximum Gasteiger partial charge on any atom is 0.181 e. The summed E-state index contributed by atoms with van der Waals surface area (Å²) in [7, 11) is 0. The van der Waals surface area contributed by atoms with Gasteiger partial charge in [-0.15, -0.1) is 0 Å². The first-order chi connectivity index (χ1) is 7.24. The van der Waals surface area contributed by atoms with E-state index >= 15 is 0 Å². The molecule has 0 N–H and O–H groups in total. The van der Waals surface area contributed by atoms with Crippen LogP contribution >= 0.6 is 0 Å². The summed E-state index contributed by atoms with van der Waals surface area (Å²) in [4.78, 5) is 19.7. The molecule has 0 aliphatic rings. The highest BCUT2D eigenvalue weighted by Crippen LogP contribution is 2.07. The first-order valence-electron chi connectivity index (χ1n) is 5.57. The number of rotatable bonds is 6. The van der Waals surface area contributed by atoms with Crippen molar-refractivity contribution in [3.63, 3.8) is 0 Å². The second-order valence-corrected chi connectivity index (χ2v) is 3.72. The highest BCUT2D eigenvalue weighted by Gasteiger charge is 2.06. The molecule has 0 aliphatic heterocycles. The minimum Gasteiger partial charge on any atom is -0.292 e. The Morgan fingerprint density at radius 2 is 2.13 bits per heavy atom. The highest BCUT2D eigenvalue weighted by atomic mass is 16.1. The summed E-state index contributed by atoms with van der Waals surface area (Å²) >= 11 is 0. The number of hydrogen-bond donors (Lipinski definition) is 0. The van der Waals surface area contributed by atoms with Crippen molar-refractivity contribution < 1.29 is 4.79 Å². The molecule has 0 amide bonds. The lowest BCUT2D eigenvalue weighted by molar-refractivity contribution is 0.0974. The number of aryl methyl sites for hydroxylation is 1. The van der Waals surface area contributed by atoms with E-state index in [-0.39, 0.29) is 5.78 Å². The Morgan fingerprint density at radius 3 is 2.80 bits per heavy atom. The predicted octanol–water partition coefficient (Wildman–Crippen LogP) is 2.94. The third kappa shape index (κ3) is 4.19. The molecule has 0 spiro atoms. The van der Waals surface area contributed by atoms with Crippen molar-refractivity contribution >= 4 is 5.78 Å². The van der Waals surface area contributed by atoms with Crippen molar-refractivity contribution in [3.05, 3.63) is 23.8 Å². The Bertz CT molecular complexity index is 323. The third-order valence-electron chi connectivity index (χ3n) is 2.32. The minimum atomic E-state index is 0.136. The topological polar surface area (TPSA) is 42.9 Å². The third-order valence-corrected chi connectivity index (χ3v) is 2.32. The zero-order valence-electron chi connectivity index (χ0n) is 9.49. The Kier molecular flexibility index (Phi) is 4.95. The molecule has 0 atom stereocenters. The second kappa shape index (κ2) is 6.27. The zero-order valence-corrected chi connectivity index (χ0v) is 9.49. The van der Waals surface area contributed by atoms with Crippen LogP contribution in [0.25, 0.3) is 0 Å². The second-order valence-electron chi connectivity index (χ2n) is 3.72. The maximum absolute atomic E-state index is 11.7. The summed E-state index contributed by atoms with van der Waals surface area (Å²) in [6.45, 7) is 3.96. The van der Waals surface area contributed by atoms with Crippen LogP contribution in [0.1, 0.15) is 55.3 Å². The van der Waals surface area contributed by atoms with E-state index in [0.29, 0.717) is 17.9 Å². The average molecular weight is 206 g/mol. The normalized spacial score (nSPS) is 10.3. The summed E-state index contributed by atoms with van der Waals surface area (Å²) in [6, 6.07) is 1.69. The number of nitrogens with zero attached hydrogens (tertiary/aromatic N) is 2. The first kappa shape index (κ1) is 11.8. The maximum atomic E-state index is 11.7. The van der Waals surface area contributed by atoms with Crippen molar-refractivity contribution in [2.75, 3.05) is 0 Å². The molecule has 3 heteroatoms. The fourth-order valence-electron chi connectivity index (χ4n) is 1.45. The van der Waals surface area contributed by atoms with Crippen LogP contribution in [0.2, 0.25) is 0 Å². The van der Waals surface area contributed by atoms with Gasteiger partial charge in [-0.05, 0) is 19.4 Å². The molecule has 0 aliphatic carbocycles. The van der Waals surface area contributed by atoms with E-state index in [1.54, 1.807) is 19.2 Å². The summed E-state index contributed by atoms with van der Waals surface area (Å²) in [6.07, 6.45) is 6.75. The molecule has 3 nitrogen and oxygen atoms in total. The Morgan fingerprint density at radius 1 is 1.33 bits per heavy atom. The molecule has 15 heavy (non-hydrogen) atoms. The molecule has 1 rings (SSSR count).